The molecule has 0 radical (unpaired) electrons. The lowest BCUT2D eigenvalue weighted by Crippen LogP contribution is -2.24. The fourth-order valence-corrected chi connectivity index (χ4v) is 4.54. The van der Waals surface area contributed by atoms with Gasteiger partial charge in [0.05, 0.1) is 21.8 Å². The van der Waals surface area contributed by atoms with Crippen molar-refractivity contribution in [2.24, 2.45) is 5.10 Å². The van der Waals surface area contributed by atoms with Gasteiger partial charge in [0.15, 0.2) is 12.4 Å². The van der Waals surface area contributed by atoms with Gasteiger partial charge in [-0.3, -0.25) is 4.79 Å². The van der Waals surface area contributed by atoms with E-state index < -0.39 is 11.9 Å². The van der Waals surface area contributed by atoms with Gasteiger partial charge in [0.25, 0.3) is 5.91 Å². The zero-order valence-electron chi connectivity index (χ0n) is 16.7. The van der Waals surface area contributed by atoms with E-state index in [0.29, 0.717) is 31.4 Å². The predicted octanol–water partition coefficient (Wildman–Crippen LogP) is 5.44. The number of para-hydroxylation sites is 1. The molecule has 0 saturated carbocycles. The highest BCUT2D eigenvalue weighted by Crippen LogP contribution is 2.33. The van der Waals surface area contributed by atoms with E-state index in [2.05, 4.69) is 65.0 Å². The van der Waals surface area contributed by atoms with Crippen molar-refractivity contribution in [3.63, 3.8) is 0 Å². The minimum absolute atomic E-state index is 0.250. The molecule has 0 aliphatic carbocycles. The van der Waals surface area contributed by atoms with Crippen LogP contribution in [0.15, 0.2) is 74.7 Å². The van der Waals surface area contributed by atoms with Crippen LogP contribution in [0.25, 0.3) is 0 Å². The number of halogens is 3. The summed E-state index contributed by atoms with van der Waals surface area (Å²) in [6.07, 6.45) is 1.36. The molecule has 0 aliphatic rings. The third-order valence-corrected chi connectivity index (χ3v) is 6.07. The van der Waals surface area contributed by atoms with Gasteiger partial charge in [0.2, 0.25) is 0 Å². The number of esters is 1. The summed E-state index contributed by atoms with van der Waals surface area (Å²) in [5.74, 6) is -0.489. The Morgan fingerprint density at radius 2 is 1.85 bits per heavy atom. The Kier molecular flexibility index (Phi) is 8.99. The van der Waals surface area contributed by atoms with Crippen molar-refractivity contribution in [3.05, 3.63) is 89.9 Å². The first-order valence-corrected chi connectivity index (χ1v) is 11.9. The molecule has 0 bridgehead atoms. The molecule has 0 saturated heterocycles. The SMILES string of the molecule is N#Cc1ccccc1OCC(=O)N/N=C/c1cc(Br)cc(Br)c1OC(=O)c1ccccc1I. The number of nitriles is 1. The number of ether oxygens (including phenoxy) is 2. The molecule has 3 rings (SSSR count). The number of amides is 1. The number of hydrogen-bond donors (Lipinski definition) is 1. The third-order valence-electron chi connectivity index (χ3n) is 4.08. The lowest BCUT2D eigenvalue weighted by Gasteiger charge is -2.11. The number of nitrogens with one attached hydrogen (secondary N) is 1. The van der Waals surface area contributed by atoms with E-state index in [0.717, 1.165) is 3.57 Å². The molecule has 10 heteroatoms. The van der Waals surface area contributed by atoms with Gasteiger partial charge in [0, 0.05) is 13.6 Å². The largest absolute Gasteiger partial charge is 0.482 e. The molecule has 0 atom stereocenters. The zero-order chi connectivity index (χ0) is 23.8. The first-order valence-electron chi connectivity index (χ1n) is 9.28. The fourth-order valence-electron chi connectivity index (χ4n) is 2.59. The molecule has 0 aliphatic heterocycles. The molecule has 0 spiro atoms. The average Bonchev–Trinajstić information content (AvgIpc) is 2.80. The maximum Gasteiger partial charge on any atom is 0.344 e. The van der Waals surface area contributed by atoms with Crippen LogP contribution < -0.4 is 14.9 Å². The molecule has 0 aromatic heterocycles. The van der Waals surface area contributed by atoms with Crippen molar-refractivity contribution >= 4 is 72.5 Å². The highest BCUT2D eigenvalue weighted by molar-refractivity contribution is 14.1. The molecule has 1 amide bonds. The molecule has 1 N–H and O–H groups in total. The number of rotatable bonds is 7. The standard InChI is InChI=1S/C23H14Br2IN3O4/c24-16-9-15(12-28-29-21(30)13-32-20-8-4-1-5-14(20)11-27)22(18(25)10-16)33-23(31)17-6-2-3-7-19(17)26/h1-10,12H,13H2,(H,29,30)/b28-12+. The van der Waals surface area contributed by atoms with Gasteiger partial charge in [-0.1, -0.05) is 40.2 Å². The van der Waals surface area contributed by atoms with Crippen molar-refractivity contribution in [1.82, 2.24) is 5.43 Å². The maximum absolute atomic E-state index is 12.7. The fraction of sp³-hybridized carbons (Fsp3) is 0.0435. The van der Waals surface area contributed by atoms with Gasteiger partial charge in [-0.2, -0.15) is 10.4 Å². The van der Waals surface area contributed by atoms with E-state index >= 15 is 0 Å². The van der Waals surface area contributed by atoms with Gasteiger partial charge in [0.1, 0.15) is 11.8 Å². The molecule has 7 nitrogen and oxygen atoms in total. The van der Waals surface area contributed by atoms with Gasteiger partial charge >= 0.3 is 5.97 Å². The Hall–Kier alpha value is -2.75. The van der Waals surface area contributed by atoms with Crippen LogP contribution in [0.1, 0.15) is 21.5 Å². The van der Waals surface area contributed by atoms with Crippen LogP contribution in [0.4, 0.5) is 0 Å². The quantitative estimate of drug-likeness (QED) is 0.118. The topological polar surface area (TPSA) is 101 Å². The minimum Gasteiger partial charge on any atom is -0.482 e. The third kappa shape index (κ3) is 6.86. The highest BCUT2D eigenvalue weighted by atomic mass is 127. The first-order chi connectivity index (χ1) is 15.9. The molecule has 0 heterocycles. The summed E-state index contributed by atoms with van der Waals surface area (Å²) >= 11 is 8.85. The van der Waals surface area contributed by atoms with E-state index in [1.54, 1.807) is 48.5 Å². The number of carbonyl (C=O) groups excluding carboxylic acids is 2. The summed E-state index contributed by atoms with van der Waals surface area (Å²) in [7, 11) is 0. The number of benzene rings is 3. The molecule has 3 aromatic rings. The Bertz CT molecular complexity index is 1270. The monoisotopic (exact) mass is 681 g/mol. The molecule has 3 aromatic carbocycles. The Morgan fingerprint density at radius 3 is 2.61 bits per heavy atom. The second-order valence-corrected chi connectivity index (χ2v) is 9.30. The molecule has 33 heavy (non-hydrogen) atoms. The lowest BCUT2D eigenvalue weighted by molar-refractivity contribution is -0.123. The zero-order valence-corrected chi connectivity index (χ0v) is 22.0. The van der Waals surface area contributed by atoms with Crippen molar-refractivity contribution in [1.29, 1.82) is 5.26 Å². The Morgan fingerprint density at radius 1 is 1.12 bits per heavy atom. The van der Waals surface area contributed by atoms with Crippen LogP contribution in [0, 0.1) is 14.9 Å². The molecular formula is C23H14Br2IN3O4. The van der Waals surface area contributed by atoms with Crippen LogP contribution in [-0.2, 0) is 4.79 Å². The molecule has 166 valence electrons. The van der Waals surface area contributed by atoms with Crippen LogP contribution in [0.2, 0.25) is 0 Å². The number of carbonyl (C=O) groups is 2. The average molecular weight is 683 g/mol. The van der Waals surface area contributed by atoms with Crippen molar-refractivity contribution in [3.8, 4) is 17.6 Å². The van der Waals surface area contributed by atoms with Crippen LogP contribution in [0.3, 0.4) is 0 Å². The Labute approximate surface area is 220 Å². The van der Waals surface area contributed by atoms with Crippen LogP contribution in [0.5, 0.6) is 11.5 Å². The maximum atomic E-state index is 12.7. The van der Waals surface area contributed by atoms with Gasteiger partial charge in [-0.05, 0) is 74.9 Å². The number of hydrogen-bond acceptors (Lipinski definition) is 6. The first kappa shape index (κ1) is 24.9. The molecular weight excluding hydrogens is 669 g/mol. The number of nitrogens with zero attached hydrogens (tertiary/aromatic N) is 2. The van der Waals surface area contributed by atoms with Crippen molar-refractivity contribution in [2.75, 3.05) is 6.61 Å². The summed E-state index contributed by atoms with van der Waals surface area (Å²) in [5, 5.41) is 13.0. The van der Waals surface area contributed by atoms with Crippen molar-refractivity contribution in [2.45, 2.75) is 0 Å². The van der Waals surface area contributed by atoms with Gasteiger partial charge < -0.3 is 9.47 Å². The normalized spacial score (nSPS) is 10.5. The van der Waals surface area contributed by atoms with E-state index in [1.807, 2.05) is 18.2 Å². The van der Waals surface area contributed by atoms with E-state index in [-0.39, 0.29) is 12.4 Å². The van der Waals surface area contributed by atoms with E-state index in [4.69, 9.17) is 14.7 Å². The van der Waals surface area contributed by atoms with Gasteiger partial charge in [-0.15, -0.1) is 0 Å². The summed E-state index contributed by atoms with van der Waals surface area (Å²) in [6, 6.07) is 19.1. The second-order valence-electron chi connectivity index (χ2n) is 6.37. The van der Waals surface area contributed by atoms with Crippen LogP contribution >= 0.6 is 54.5 Å². The summed E-state index contributed by atoms with van der Waals surface area (Å²) in [6.45, 7) is -0.327. The van der Waals surface area contributed by atoms with E-state index in [1.165, 1.54) is 6.21 Å². The van der Waals surface area contributed by atoms with E-state index in [9.17, 15) is 9.59 Å². The molecule has 0 fully saturated rings. The van der Waals surface area contributed by atoms with Crippen molar-refractivity contribution < 1.29 is 19.1 Å². The number of hydrazone groups is 1. The lowest BCUT2D eigenvalue weighted by atomic mass is 10.2. The highest BCUT2D eigenvalue weighted by Gasteiger charge is 2.17. The van der Waals surface area contributed by atoms with Gasteiger partial charge in [-0.25, -0.2) is 10.2 Å². The minimum atomic E-state index is -0.523. The predicted molar refractivity (Wildman–Crippen MR) is 138 cm³/mol. The van der Waals surface area contributed by atoms with Crippen LogP contribution in [-0.4, -0.2) is 24.7 Å². The molecule has 0 unspecified atom stereocenters. The summed E-state index contributed by atoms with van der Waals surface area (Å²) in [5.41, 5.74) is 3.56. The summed E-state index contributed by atoms with van der Waals surface area (Å²) < 4.78 is 13.0. The smallest absolute Gasteiger partial charge is 0.344 e. The second kappa shape index (κ2) is 11.9. The Balaban J connectivity index is 1.70. The summed E-state index contributed by atoms with van der Waals surface area (Å²) in [4.78, 5) is 24.8.